The minimum absolute atomic E-state index is 0.162. The summed E-state index contributed by atoms with van der Waals surface area (Å²) in [5.74, 6) is -2.79. The first kappa shape index (κ1) is 28.3. The van der Waals surface area contributed by atoms with Crippen molar-refractivity contribution in [3.63, 3.8) is 0 Å². The van der Waals surface area contributed by atoms with Gasteiger partial charge in [0, 0.05) is 35.6 Å². The zero-order chi connectivity index (χ0) is 31.1. The Hall–Kier alpha value is -5.78. The van der Waals surface area contributed by atoms with Crippen molar-refractivity contribution in [1.29, 1.82) is 0 Å². The van der Waals surface area contributed by atoms with E-state index in [9.17, 15) is 28.8 Å². The van der Waals surface area contributed by atoms with Gasteiger partial charge in [0.05, 0.1) is 11.8 Å². The van der Waals surface area contributed by atoms with Crippen LogP contribution in [0.25, 0.3) is 0 Å². The number of nitrogens with one attached hydrogen (secondary N) is 2. The number of ether oxygens (including phenoxy) is 2. The third-order valence-electron chi connectivity index (χ3n) is 7.53. The zero-order valence-electron chi connectivity index (χ0n) is 23.7. The molecule has 2 atom stereocenters. The number of Topliss-reactive ketones (excluding diaryl/α,β-unsaturated/α-hetero) is 2. The van der Waals surface area contributed by atoms with Gasteiger partial charge in [-0.3, -0.25) is 39.6 Å². The van der Waals surface area contributed by atoms with Crippen LogP contribution in [0.3, 0.4) is 0 Å². The van der Waals surface area contributed by atoms with E-state index in [1.807, 2.05) is 0 Å². The van der Waals surface area contributed by atoms with Crippen LogP contribution in [0.1, 0.15) is 34.6 Å². The molecule has 2 aliphatic heterocycles. The molecule has 12 heteroatoms. The number of imide groups is 2. The molecule has 2 unspecified atom stereocenters. The number of benzene rings is 3. The van der Waals surface area contributed by atoms with Gasteiger partial charge in [-0.05, 0) is 48.5 Å². The monoisotopic (exact) mass is 594 g/mol. The number of carbonyl (C=O) groups is 6. The van der Waals surface area contributed by atoms with E-state index in [2.05, 4.69) is 10.6 Å². The maximum absolute atomic E-state index is 13.6. The van der Waals surface area contributed by atoms with Crippen molar-refractivity contribution >= 4 is 46.8 Å². The zero-order valence-corrected chi connectivity index (χ0v) is 23.7. The van der Waals surface area contributed by atoms with Crippen LogP contribution in [-0.4, -0.2) is 48.5 Å². The average Bonchev–Trinajstić information content (AvgIpc) is 3.02. The molecule has 0 aromatic heterocycles. The fraction of sp³-hybridized carbons (Fsp3) is 0.188. The van der Waals surface area contributed by atoms with Gasteiger partial charge in [-0.25, -0.2) is 9.59 Å². The van der Waals surface area contributed by atoms with Crippen molar-refractivity contribution in [2.75, 3.05) is 22.9 Å². The maximum atomic E-state index is 13.6. The molecular weight excluding hydrogens is 568 g/mol. The summed E-state index contributed by atoms with van der Waals surface area (Å²) in [5.41, 5.74) is 1.35. The highest BCUT2D eigenvalue weighted by atomic mass is 16.5. The number of ketones is 2. The Balaban J connectivity index is 1.28. The van der Waals surface area contributed by atoms with E-state index in [0.29, 0.717) is 11.4 Å². The van der Waals surface area contributed by atoms with Crippen molar-refractivity contribution in [1.82, 2.24) is 10.6 Å². The van der Waals surface area contributed by atoms with E-state index >= 15 is 0 Å². The summed E-state index contributed by atoms with van der Waals surface area (Å²) in [7, 11) is 0. The molecule has 2 fully saturated rings. The normalized spacial score (nSPS) is 20.3. The molecule has 6 amide bonds. The number of allylic oxidation sites excluding steroid dienone is 2. The summed E-state index contributed by atoms with van der Waals surface area (Å²) < 4.78 is 11.9. The summed E-state index contributed by atoms with van der Waals surface area (Å²) in [6.45, 7) is 3.83. The van der Waals surface area contributed by atoms with Gasteiger partial charge < -0.3 is 9.47 Å². The standard InChI is InChI=1S/C32H26N4O8/c1-17-15-35(31(41)33-29(17)39)19-7-11-21(12-8-19)43-27-25(37)23-5-3-4-6-24(23)26(38)28(27)44-22-13-9-20(10-14-22)36-16-18(2)30(40)34-32(36)42/h3-14,17-18H,15-16H2,1-2H3,(H,33,39,41)(H,34,40,42). The lowest BCUT2D eigenvalue weighted by Crippen LogP contribution is -2.53. The molecule has 0 saturated carbocycles. The van der Waals surface area contributed by atoms with Crippen LogP contribution in [0.15, 0.2) is 84.3 Å². The number of rotatable bonds is 6. The molecule has 2 saturated heterocycles. The summed E-state index contributed by atoms with van der Waals surface area (Å²) in [6.07, 6.45) is 0. The molecule has 44 heavy (non-hydrogen) atoms. The Morgan fingerprint density at radius 3 is 1.30 bits per heavy atom. The molecule has 0 spiro atoms. The van der Waals surface area contributed by atoms with E-state index < -0.39 is 35.5 Å². The van der Waals surface area contributed by atoms with Crippen LogP contribution >= 0.6 is 0 Å². The minimum Gasteiger partial charge on any atom is -0.449 e. The molecular formula is C32H26N4O8. The van der Waals surface area contributed by atoms with Gasteiger partial charge in [0.2, 0.25) is 34.9 Å². The van der Waals surface area contributed by atoms with E-state index in [0.717, 1.165) is 0 Å². The number of nitrogens with zero attached hydrogens (tertiary/aromatic N) is 2. The van der Waals surface area contributed by atoms with Crippen LogP contribution in [-0.2, 0) is 9.59 Å². The first-order valence-electron chi connectivity index (χ1n) is 13.8. The summed E-state index contributed by atoms with van der Waals surface area (Å²) in [5, 5.41) is 4.62. The first-order valence-corrected chi connectivity index (χ1v) is 13.8. The van der Waals surface area contributed by atoms with Crippen molar-refractivity contribution in [3.8, 4) is 11.5 Å². The lowest BCUT2D eigenvalue weighted by molar-refractivity contribution is -0.124. The highest BCUT2D eigenvalue weighted by molar-refractivity contribution is 6.25. The van der Waals surface area contributed by atoms with Crippen LogP contribution in [0, 0.1) is 11.8 Å². The first-order chi connectivity index (χ1) is 21.1. The largest absolute Gasteiger partial charge is 0.449 e. The summed E-state index contributed by atoms with van der Waals surface area (Å²) in [6, 6.07) is 17.8. The molecule has 12 nitrogen and oxygen atoms in total. The number of hydrogen-bond acceptors (Lipinski definition) is 8. The Kier molecular flexibility index (Phi) is 7.17. The molecule has 222 valence electrons. The van der Waals surface area contributed by atoms with Crippen molar-refractivity contribution in [2.45, 2.75) is 13.8 Å². The molecule has 0 radical (unpaired) electrons. The van der Waals surface area contributed by atoms with Gasteiger partial charge >= 0.3 is 12.1 Å². The van der Waals surface area contributed by atoms with E-state index in [1.165, 1.54) is 46.2 Å². The lowest BCUT2D eigenvalue weighted by Gasteiger charge is -2.30. The van der Waals surface area contributed by atoms with E-state index in [4.69, 9.17) is 9.47 Å². The predicted octanol–water partition coefficient (Wildman–Crippen LogP) is 3.82. The third kappa shape index (κ3) is 5.17. The topological polar surface area (TPSA) is 151 Å². The van der Waals surface area contributed by atoms with E-state index in [1.54, 1.807) is 50.2 Å². The van der Waals surface area contributed by atoms with Gasteiger partial charge in [0.25, 0.3) is 0 Å². The molecule has 2 heterocycles. The Morgan fingerprint density at radius 1 is 0.568 bits per heavy atom. The Bertz CT molecular complexity index is 1630. The predicted molar refractivity (Wildman–Crippen MR) is 156 cm³/mol. The second-order valence-electron chi connectivity index (χ2n) is 10.7. The Morgan fingerprint density at radius 2 is 0.932 bits per heavy atom. The van der Waals surface area contributed by atoms with E-state index in [-0.39, 0.29) is 59.0 Å². The highest BCUT2D eigenvalue weighted by Gasteiger charge is 2.37. The van der Waals surface area contributed by atoms with Gasteiger partial charge in [0.15, 0.2) is 0 Å². The second kappa shape index (κ2) is 11.1. The van der Waals surface area contributed by atoms with Crippen LogP contribution < -0.4 is 29.9 Å². The van der Waals surface area contributed by atoms with Gasteiger partial charge in [0.1, 0.15) is 11.5 Å². The van der Waals surface area contributed by atoms with Crippen molar-refractivity contribution in [2.24, 2.45) is 11.8 Å². The van der Waals surface area contributed by atoms with Crippen LogP contribution in [0.4, 0.5) is 21.0 Å². The third-order valence-corrected chi connectivity index (χ3v) is 7.53. The number of amides is 6. The molecule has 2 N–H and O–H groups in total. The fourth-order valence-electron chi connectivity index (χ4n) is 5.06. The van der Waals surface area contributed by atoms with Gasteiger partial charge in [-0.1, -0.05) is 38.1 Å². The van der Waals surface area contributed by atoms with Crippen molar-refractivity contribution in [3.05, 3.63) is 95.4 Å². The average molecular weight is 595 g/mol. The molecule has 3 aromatic rings. The molecule has 0 bridgehead atoms. The lowest BCUT2D eigenvalue weighted by atomic mass is 9.92. The molecule has 3 aromatic carbocycles. The summed E-state index contributed by atoms with van der Waals surface area (Å²) >= 11 is 0. The highest BCUT2D eigenvalue weighted by Crippen LogP contribution is 2.32. The molecule has 3 aliphatic rings. The number of anilines is 2. The number of fused-ring (bicyclic) bond motifs is 1. The minimum atomic E-state index is -0.553. The summed E-state index contributed by atoms with van der Waals surface area (Å²) in [4.78, 5) is 78.2. The van der Waals surface area contributed by atoms with Crippen LogP contribution in [0.5, 0.6) is 11.5 Å². The quantitative estimate of drug-likeness (QED) is 0.437. The van der Waals surface area contributed by atoms with Crippen LogP contribution in [0.2, 0.25) is 0 Å². The Labute approximate surface area is 251 Å². The number of carbonyl (C=O) groups excluding carboxylic acids is 6. The SMILES string of the molecule is CC1CN(c2ccc(OC3=C(Oc4ccc(N5CC(C)C(=O)NC5=O)cc4)C(=O)c4ccccc4C3=O)cc2)C(=O)NC1=O. The molecule has 6 rings (SSSR count). The smallest absolute Gasteiger partial charge is 0.328 e. The second-order valence-corrected chi connectivity index (χ2v) is 10.7. The number of urea groups is 2. The molecule has 1 aliphatic carbocycles. The van der Waals surface area contributed by atoms with Crippen molar-refractivity contribution < 1.29 is 38.2 Å². The fourth-order valence-corrected chi connectivity index (χ4v) is 5.06. The van der Waals surface area contributed by atoms with Gasteiger partial charge in [-0.15, -0.1) is 0 Å². The maximum Gasteiger partial charge on any atom is 0.328 e. The van der Waals surface area contributed by atoms with Gasteiger partial charge in [-0.2, -0.15) is 0 Å². The number of hydrogen-bond donors (Lipinski definition) is 2.